The van der Waals surface area contributed by atoms with Crippen molar-refractivity contribution in [3.63, 3.8) is 0 Å². The minimum absolute atomic E-state index is 0.241. The number of anilines is 1. The number of hydrogen-bond acceptors (Lipinski definition) is 5. The molecule has 132 valence electrons. The number of nitrogens with two attached hydrogens (primary N) is 1. The van der Waals surface area contributed by atoms with Crippen LogP contribution in [0.25, 0.3) is 6.08 Å². The van der Waals surface area contributed by atoms with Gasteiger partial charge in [0, 0.05) is 10.6 Å². The molecule has 2 aromatic carbocycles. The molecule has 0 aromatic heterocycles. The molecule has 2 N–H and O–H groups in total. The molecule has 2 aromatic rings. The largest absolute Gasteiger partial charge is 0.483 e. The van der Waals surface area contributed by atoms with E-state index in [1.165, 1.54) is 0 Å². The lowest BCUT2D eigenvalue weighted by atomic mass is 10.2. The number of carbonyl (C=O) groups excluding carboxylic acids is 3. The summed E-state index contributed by atoms with van der Waals surface area (Å²) in [5.74, 6) is -0.672. The Morgan fingerprint density at radius 1 is 1.19 bits per heavy atom. The summed E-state index contributed by atoms with van der Waals surface area (Å²) in [6.07, 6.45) is 1.55. The molecule has 6 nitrogen and oxygen atoms in total. The number of primary amides is 1. The highest BCUT2D eigenvalue weighted by atomic mass is 35.5. The summed E-state index contributed by atoms with van der Waals surface area (Å²) in [6, 6.07) is 13.3. The van der Waals surface area contributed by atoms with Gasteiger partial charge in [0.1, 0.15) is 5.75 Å². The van der Waals surface area contributed by atoms with Crippen molar-refractivity contribution < 1.29 is 19.1 Å². The van der Waals surface area contributed by atoms with Gasteiger partial charge in [0.15, 0.2) is 6.61 Å². The van der Waals surface area contributed by atoms with E-state index in [0.717, 1.165) is 16.7 Å². The van der Waals surface area contributed by atoms with Crippen LogP contribution in [0.3, 0.4) is 0 Å². The molecular formula is C18H13ClN2O4S. The van der Waals surface area contributed by atoms with Gasteiger partial charge in [0.2, 0.25) is 0 Å². The van der Waals surface area contributed by atoms with Gasteiger partial charge in [-0.25, -0.2) is 4.90 Å². The molecule has 0 atom stereocenters. The lowest BCUT2D eigenvalue weighted by Gasteiger charge is -2.12. The maximum atomic E-state index is 12.7. The number of imide groups is 1. The molecule has 1 fully saturated rings. The number of hydrogen-bond donors (Lipinski definition) is 1. The molecule has 0 unspecified atom stereocenters. The minimum atomic E-state index is -0.610. The Kier molecular flexibility index (Phi) is 5.29. The average Bonchev–Trinajstić information content (AvgIpc) is 2.87. The molecule has 0 saturated carbocycles. The van der Waals surface area contributed by atoms with Gasteiger partial charge in [-0.05, 0) is 42.1 Å². The summed E-state index contributed by atoms with van der Waals surface area (Å²) in [4.78, 5) is 37.2. The molecule has 0 spiro atoms. The van der Waals surface area contributed by atoms with Crippen LogP contribution >= 0.6 is 23.4 Å². The van der Waals surface area contributed by atoms with Crippen molar-refractivity contribution >= 4 is 52.2 Å². The number of carbonyl (C=O) groups is 3. The third-order valence-electron chi connectivity index (χ3n) is 3.44. The Balaban J connectivity index is 1.90. The van der Waals surface area contributed by atoms with E-state index in [4.69, 9.17) is 22.1 Å². The molecule has 1 aliphatic heterocycles. The van der Waals surface area contributed by atoms with Crippen LogP contribution in [0.4, 0.5) is 10.5 Å². The molecule has 26 heavy (non-hydrogen) atoms. The van der Waals surface area contributed by atoms with Gasteiger partial charge in [0.25, 0.3) is 17.1 Å². The summed E-state index contributed by atoms with van der Waals surface area (Å²) >= 11 is 6.76. The van der Waals surface area contributed by atoms with Gasteiger partial charge in [-0.15, -0.1) is 0 Å². The third kappa shape index (κ3) is 3.89. The first kappa shape index (κ1) is 18.0. The molecule has 3 rings (SSSR count). The zero-order chi connectivity index (χ0) is 18.7. The molecule has 8 heteroatoms. The summed E-state index contributed by atoms with van der Waals surface area (Å²) in [7, 11) is 0. The number of nitrogens with zero attached hydrogens (tertiary/aromatic N) is 1. The van der Waals surface area contributed by atoms with Crippen molar-refractivity contribution in [1.29, 1.82) is 0 Å². The van der Waals surface area contributed by atoms with Gasteiger partial charge in [-0.1, -0.05) is 35.9 Å². The van der Waals surface area contributed by atoms with Crippen molar-refractivity contribution in [1.82, 2.24) is 0 Å². The number of rotatable bonds is 5. The normalized spacial score (nSPS) is 15.6. The average molecular weight is 389 g/mol. The van der Waals surface area contributed by atoms with Crippen LogP contribution in [0.15, 0.2) is 53.4 Å². The summed E-state index contributed by atoms with van der Waals surface area (Å²) in [5.41, 5.74) is 6.05. The van der Waals surface area contributed by atoms with Crippen LogP contribution in [-0.2, 0) is 9.59 Å². The first-order valence-corrected chi connectivity index (χ1v) is 8.69. The Morgan fingerprint density at radius 2 is 1.96 bits per heavy atom. The quantitative estimate of drug-likeness (QED) is 0.792. The van der Waals surface area contributed by atoms with Crippen LogP contribution < -0.4 is 15.4 Å². The van der Waals surface area contributed by atoms with Crippen LogP contribution in [0, 0.1) is 0 Å². The highest BCUT2D eigenvalue weighted by Crippen LogP contribution is 2.37. The standard InChI is InChI=1S/C18H13ClN2O4S/c19-12-5-3-6-13(9-12)21-17(23)15(26-18(21)24)8-11-4-1-2-7-14(11)25-10-16(20)22/h1-9H,10H2,(H2,20,22)/b15-8-. The molecular weight excluding hydrogens is 376 g/mol. The molecule has 0 radical (unpaired) electrons. The zero-order valence-corrected chi connectivity index (χ0v) is 14.9. The van der Waals surface area contributed by atoms with E-state index in [0.29, 0.717) is 22.0 Å². The monoisotopic (exact) mass is 388 g/mol. The van der Waals surface area contributed by atoms with E-state index in [9.17, 15) is 14.4 Å². The summed E-state index contributed by atoms with van der Waals surface area (Å²) in [6.45, 7) is -0.283. The Hall–Kier alpha value is -2.77. The van der Waals surface area contributed by atoms with Crippen molar-refractivity contribution in [3.8, 4) is 5.75 Å². The topological polar surface area (TPSA) is 89.7 Å². The summed E-state index contributed by atoms with van der Waals surface area (Å²) in [5, 5.41) is 0.00905. The van der Waals surface area contributed by atoms with Crippen LogP contribution in [0.1, 0.15) is 5.56 Å². The smallest absolute Gasteiger partial charge is 0.298 e. The number of benzene rings is 2. The highest BCUT2D eigenvalue weighted by Gasteiger charge is 2.36. The van der Waals surface area contributed by atoms with E-state index >= 15 is 0 Å². The maximum absolute atomic E-state index is 12.7. The zero-order valence-electron chi connectivity index (χ0n) is 13.3. The predicted molar refractivity (Wildman–Crippen MR) is 101 cm³/mol. The second kappa shape index (κ2) is 7.63. The molecule has 0 bridgehead atoms. The number of ether oxygens (including phenoxy) is 1. The SMILES string of the molecule is NC(=O)COc1ccccc1/C=C1\SC(=O)N(c2cccc(Cl)c2)C1=O. The van der Waals surface area contributed by atoms with Crippen molar-refractivity contribution in [2.24, 2.45) is 5.73 Å². The second-order valence-electron chi connectivity index (χ2n) is 5.29. The Labute approximate surface area is 158 Å². The molecule has 1 aliphatic rings. The van der Waals surface area contributed by atoms with E-state index in [1.54, 1.807) is 54.6 Å². The van der Waals surface area contributed by atoms with Crippen LogP contribution in [0.2, 0.25) is 5.02 Å². The maximum Gasteiger partial charge on any atom is 0.298 e. The number of thioether (sulfide) groups is 1. The fourth-order valence-corrected chi connectivity index (χ4v) is 3.34. The van der Waals surface area contributed by atoms with Crippen molar-refractivity contribution in [2.45, 2.75) is 0 Å². The molecule has 1 heterocycles. The highest BCUT2D eigenvalue weighted by molar-refractivity contribution is 8.19. The van der Waals surface area contributed by atoms with Gasteiger partial charge < -0.3 is 10.5 Å². The summed E-state index contributed by atoms with van der Waals surface area (Å²) < 4.78 is 5.34. The van der Waals surface area contributed by atoms with Crippen molar-refractivity contribution in [2.75, 3.05) is 11.5 Å². The fourth-order valence-electron chi connectivity index (χ4n) is 2.33. The Morgan fingerprint density at radius 3 is 2.69 bits per heavy atom. The third-order valence-corrected chi connectivity index (χ3v) is 4.54. The van der Waals surface area contributed by atoms with Gasteiger partial charge in [-0.3, -0.25) is 14.4 Å². The van der Waals surface area contributed by atoms with E-state index in [-0.39, 0.29) is 11.5 Å². The van der Waals surface area contributed by atoms with Gasteiger partial charge in [0.05, 0.1) is 10.6 Å². The molecule has 0 aliphatic carbocycles. The number of para-hydroxylation sites is 1. The predicted octanol–water partition coefficient (Wildman–Crippen LogP) is 3.45. The number of halogens is 1. The Bertz CT molecular complexity index is 929. The van der Waals surface area contributed by atoms with Crippen LogP contribution in [0.5, 0.6) is 5.75 Å². The lowest BCUT2D eigenvalue weighted by Crippen LogP contribution is -2.27. The number of amides is 3. The van der Waals surface area contributed by atoms with Gasteiger partial charge in [-0.2, -0.15) is 0 Å². The minimum Gasteiger partial charge on any atom is -0.483 e. The molecule has 3 amide bonds. The fraction of sp³-hybridized carbons (Fsp3) is 0.0556. The lowest BCUT2D eigenvalue weighted by molar-refractivity contribution is -0.120. The van der Waals surface area contributed by atoms with E-state index in [1.807, 2.05) is 0 Å². The second-order valence-corrected chi connectivity index (χ2v) is 6.72. The van der Waals surface area contributed by atoms with Crippen molar-refractivity contribution in [3.05, 3.63) is 64.0 Å². The van der Waals surface area contributed by atoms with E-state index < -0.39 is 17.1 Å². The van der Waals surface area contributed by atoms with Crippen LogP contribution in [-0.4, -0.2) is 23.7 Å². The first-order valence-electron chi connectivity index (χ1n) is 7.49. The first-order chi connectivity index (χ1) is 12.5. The van der Waals surface area contributed by atoms with Gasteiger partial charge >= 0.3 is 0 Å². The van der Waals surface area contributed by atoms with E-state index in [2.05, 4.69) is 0 Å². The molecule has 1 saturated heterocycles.